The second-order valence-corrected chi connectivity index (χ2v) is 5.93. The van der Waals surface area contributed by atoms with E-state index in [-0.39, 0.29) is 18.1 Å². The first-order chi connectivity index (χ1) is 9.42. The fourth-order valence-electron chi connectivity index (χ4n) is 1.36. The fourth-order valence-corrected chi connectivity index (χ4v) is 1.87. The van der Waals surface area contributed by atoms with Gasteiger partial charge in [0.25, 0.3) is 5.91 Å². The minimum Gasteiger partial charge on any atom is -0.369 e. The van der Waals surface area contributed by atoms with Gasteiger partial charge in [0.15, 0.2) is 0 Å². The number of hydrogen-bond donors (Lipinski definition) is 3. The SMILES string of the molecule is CCNc1cnc(C(=O)NCCCNS(C)(=O)=O)cn1. The van der Waals surface area contributed by atoms with Crippen molar-refractivity contribution in [1.82, 2.24) is 20.0 Å². The molecule has 1 rings (SSSR count). The average molecular weight is 301 g/mol. The summed E-state index contributed by atoms with van der Waals surface area (Å²) < 4.78 is 24.0. The fraction of sp³-hybridized carbons (Fsp3) is 0.545. The van der Waals surface area contributed by atoms with Crippen LogP contribution in [0.2, 0.25) is 0 Å². The normalized spacial score (nSPS) is 11.1. The molecule has 1 amide bonds. The lowest BCUT2D eigenvalue weighted by Gasteiger charge is -2.06. The molecule has 0 aliphatic carbocycles. The summed E-state index contributed by atoms with van der Waals surface area (Å²) in [6, 6.07) is 0. The molecular weight excluding hydrogens is 282 g/mol. The van der Waals surface area contributed by atoms with Crippen molar-refractivity contribution in [3.05, 3.63) is 18.1 Å². The smallest absolute Gasteiger partial charge is 0.271 e. The Morgan fingerprint density at radius 3 is 2.55 bits per heavy atom. The number of nitrogens with one attached hydrogen (secondary N) is 3. The van der Waals surface area contributed by atoms with Crippen molar-refractivity contribution in [2.45, 2.75) is 13.3 Å². The van der Waals surface area contributed by atoms with Gasteiger partial charge in [0.1, 0.15) is 11.5 Å². The van der Waals surface area contributed by atoms with Gasteiger partial charge in [0, 0.05) is 19.6 Å². The molecule has 1 aromatic heterocycles. The van der Waals surface area contributed by atoms with E-state index in [1.54, 1.807) is 0 Å². The topological polar surface area (TPSA) is 113 Å². The largest absolute Gasteiger partial charge is 0.369 e. The van der Waals surface area contributed by atoms with Crippen LogP contribution in [0.25, 0.3) is 0 Å². The summed E-state index contributed by atoms with van der Waals surface area (Å²) in [7, 11) is -3.18. The number of aromatic nitrogens is 2. The van der Waals surface area contributed by atoms with Crippen LogP contribution in [0.15, 0.2) is 12.4 Å². The maximum absolute atomic E-state index is 11.7. The first-order valence-electron chi connectivity index (χ1n) is 6.21. The summed E-state index contributed by atoms with van der Waals surface area (Å²) in [5, 5.41) is 5.62. The molecule has 20 heavy (non-hydrogen) atoms. The second-order valence-electron chi connectivity index (χ2n) is 4.09. The Bertz CT molecular complexity index is 529. The van der Waals surface area contributed by atoms with Crippen LogP contribution in [0.3, 0.4) is 0 Å². The van der Waals surface area contributed by atoms with Crippen molar-refractivity contribution >= 4 is 21.7 Å². The third kappa shape index (κ3) is 6.43. The number of nitrogens with zero attached hydrogens (tertiary/aromatic N) is 2. The number of amides is 1. The highest BCUT2D eigenvalue weighted by Gasteiger charge is 2.07. The van der Waals surface area contributed by atoms with Gasteiger partial charge in [-0.05, 0) is 13.3 Å². The van der Waals surface area contributed by atoms with Gasteiger partial charge in [-0.1, -0.05) is 0 Å². The monoisotopic (exact) mass is 301 g/mol. The van der Waals surface area contributed by atoms with E-state index in [1.165, 1.54) is 12.4 Å². The lowest BCUT2D eigenvalue weighted by Crippen LogP contribution is -2.29. The van der Waals surface area contributed by atoms with E-state index < -0.39 is 10.0 Å². The zero-order valence-electron chi connectivity index (χ0n) is 11.5. The zero-order chi connectivity index (χ0) is 15.0. The highest BCUT2D eigenvalue weighted by molar-refractivity contribution is 7.88. The standard InChI is InChI=1S/C11H19N5O3S/c1-3-12-10-8-14-9(7-15-10)11(17)13-5-4-6-16-20(2,18)19/h7-8,16H,3-6H2,1-2H3,(H,12,15)(H,13,17). The van der Waals surface area contributed by atoms with Crippen LogP contribution >= 0.6 is 0 Å². The van der Waals surface area contributed by atoms with Gasteiger partial charge < -0.3 is 10.6 Å². The van der Waals surface area contributed by atoms with Crippen molar-refractivity contribution in [2.24, 2.45) is 0 Å². The molecule has 0 spiro atoms. The first kappa shape index (κ1) is 16.3. The lowest BCUT2D eigenvalue weighted by atomic mass is 10.4. The van der Waals surface area contributed by atoms with E-state index in [0.717, 1.165) is 12.8 Å². The number of carbonyl (C=O) groups excluding carboxylic acids is 1. The Morgan fingerprint density at radius 2 is 2.00 bits per heavy atom. The van der Waals surface area contributed by atoms with Crippen LogP contribution in [-0.4, -0.2) is 50.2 Å². The van der Waals surface area contributed by atoms with Crippen molar-refractivity contribution < 1.29 is 13.2 Å². The van der Waals surface area contributed by atoms with E-state index in [9.17, 15) is 13.2 Å². The summed E-state index contributed by atoms with van der Waals surface area (Å²) in [6.07, 6.45) is 4.47. The predicted molar refractivity (Wildman–Crippen MR) is 76.0 cm³/mol. The minimum absolute atomic E-state index is 0.225. The van der Waals surface area contributed by atoms with E-state index >= 15 is 0 Å². The van der Waals surface area contributed by atoms with Crippen LogP contribution in [0.1, 0.15) is 23.8 Å². The summed E-state index contributed by atoms with van der Waals surface area (Å²) in [6.45, 7) is 3.31. The van der Waals surface area contributed by atoms with E-state index in [0.29, 0.717) is 18.8 Å². The van der Waals surface area contributed by atoms with Gasteiger partial charge >= 0.3 is 0 Å². The van der Waals surface area contributed by atoms with Gasteiger partial charge in [-0.2, -0.15) is 0 Å². The molecule has 1 aromatic rings. The maximum atomic E-state index is 11.7. The van der Waals surface area contributed by atoms with Gasteiger partial charge in [-0.25, -0.2) is 23.1 Å². The predicted octanol–water partition coefficient (Wildman–Crippen LogP) is -0.422. The van der Waals surface area contributed by atoms with Crippen LogP contribution in [0, 0.1) is 0 Å². The number of sulfonamides is 1. The van der Waals surface area contributed by atoms with Gasteiger partial charge in [-0.3, -0.25) is 4.79 Å². The molecule has 0 aliphatic heterocycles. The molecule has 0 atom stereocenters. The molecule has 0 fully saturated rings. The van der Waals surface area contributed by atoms with Crippen LogP contribution in [0.5, 0.6) is 0 Å². The molecule has 8 nitrogen and oxygen atoms in total. The molecule has 0 saturated heterocycles. The first-order valence-corrected chi connectivity index (χ1v) is 8.10. The van der Waals surface area contributed by atoms with Crippen LogP contribution in [-0.2, 0) is 10.0 Å². The van der Waals surface area contributed by atoms with Gasteiger partial charge in [0.2, 0.25) is 10.0 Å². The number of hydrogen-bond acceptors (Lipinski definition) is 6. The highest BCUT2D eigenvalue weighted by atomic mass is 32.2. The average Bonchev–Trinajstić information content (AvgIpc) is 2.38. The van der Waals surface area contributed by atoms with Crippen molar-refractivity contribution in [3.63, 3.8) is 0 Å². The number of rotatable bonds is 8. The molecular formula is C11H19N5O3S. The molecule has 112 valence electrons. The van der Waals surface area contributed by atoms with E-state index in [2.05, 4.69) is 25.3 Å². The van der Waals surface area contributed by atoms with Crippen LogP contribution < -0.4 is 15.4 Å². The van der Waals surface area contributed by atoms with E-state index in [1.807, 2.05) is 6.92 Å². The van der Waals surface area contributed by atoms with E-state index in [4.69, 9.17) is 0 Å². The molecule has 0 aromatic carbocycles. The molecule has 0 unspecified atom stereocenters. The Morgan fingerprint density at radius 1 is 1.25 bits per heavy atom. The molecule has 9 heteroatoms. The Hall–Kier alpha value is -1.74. The van der Waals surface area contributed by atoms with Gasteiger partial charge in [0.05, 0.1) is 18.6 Å². The van der Waals surface area contributed by atoms with Crippen molar-refractivity contribution in [2.75, 3.05) is 31.2 Å². The Balaban J connectivity index is 2.32. The third-order valence-electron chi connectivity index (χ3n) is 2.25. The molecule has 0 aliphatic rings. The third-order valence-corrected chi connectivity index (χ3v) is 2.97. The number of carbonyl (C=O) groups is 1. The zero-order valence-corrected chi connectivity index (χ0v) is 12.3. The van der Waals surface area contributed by atoms with Gasteiger partial charge in [-0.15, -0.1) is 0 Å². The summed E-state index contributed by atoms with van der Waals surface area (Å²) >= 11 is 0. The van der Waals surface area contributed by atoms with Crippen molar-refractivity contribution in [1.29, 1.82) is 0 Å². The quantitative estimate of drug-likeness (QED) is 0.562. The Kier molecular flexibility index (Phi) is 6.32. The summed E-state index contributed by atoms with van der Waals surface area (Å²) in [5.74, 6) is 0.279. The summed E-state index contributed by atoms with van der Waals surface area (Å²) in [5.41, 5.74) is 0.225. The highest BCUT2D eigenvalue weighted by Crippen LogP contribution is 2.00. The lowest BCUT2D eigenvalue weighted by molar-refractivity contribution is 0.0948. The molecule has 0 radical (unpaired) electrons. The number of anilines is 1. The minimum atomic E-state index is -3.18. The summed E-state index contributed by atoms with van der Waals surface area (Å²) in [4.78, 5) is 19.7. The molecule has 0 bridgehead atoms. The Labute approximate surface area is 118 Å². The molecule has 3 N–H and O–H groups in total. The maximum Gasteiger partial charge on any atom is 0.271 e. The second kappa shape index (κ2) is 7.75. The van der Waals surface area contributed by atoms with Crippen molar-refractivity contribution in [3.8, 4) is 0 Å². The molecule has 0 saturated carbocycles. The molecule has 1 heterocycles. The van der Waals surface area contributed by atoms with Crippen LogP contribution in [0.4, 0.5) is 5.82 Å².